The molecule has 1 aliphatic carbocycles. The molecule has 0 bridgehead atoms. The van der Waals surface area contributed by atoms with Gasteiger partial charge in [0.1, 0.15) is 5.75 Å². The molecule has 0 aliphatic heterocycles. The first-order valence-electron chi connectivity index (χ1n) is 9.90. The maximum atomic E-state index is 12.4. The van der Waals surface area contributed by atoms with E-state index in [2.05, 4.69) is 30.7 Å². The molecule has 1 aliphatic rings. The molecule has 1 heterocycles. The first-order chi connectivity index (χ1) is 14.2. The fourth-order valence-corrected chi connectivity index (χ4v) is 4.02. The Kier molecular flexibility index (Phi) is 4.73. The zero-order chi connectivity index (χ0) is 21.6. The van der Waals surface area contributed by atoms with Crippen LogP contribution in [0.25, 0.3) is 22.3 Å². The van der Waals surface area contributed by atoms with E-state index in [9.17, 15) is 14.4 Å². The lowest BCUT2D eigenvalue weighted by molar-refractivity contribution is 0.0994. The second-order valence-corrected chi connectivity index (χ2v) is 8.64. The Bertz CT molecular complexity index is 1280. The van der Waals surface area contributed by atoms with Gasteiger partial charge >= 0.3 is 5.69 Å². The highest BCUT2D eigenvalue weighted by Crippen LogP contribution is 2.43. The van der Waals surface area contributed by atoms with Crippen molar-refractivity contribution in [2.75, 3.05) is 7.11 Å². The van der Waals surface area contributed by atoms with Gasteiger partial charge < -0.3 is 9.72 Å². The maximum absolute atomic E-state index is 12.4. The van der Waals surface area contributed by atoms with Gasteiger partial charge in [-0.05, 0) is 40.7 Å². The summed E-state index contributed by atoms with van der Waals surface area (Å²) in [6.45, 7) is 6.24. The minimum absolute atomic E-state index is 0.174. The molecule has 0 saturated heterocycles. The summed E-state index contributed by atoms with van der Waals surface area (Å²) in [4.78, 5) is 40.8. The van der Waals surface area contributed by atoms with Crippen molar-refractivity contribution in [3.05, 3.63) is 74.1 Å². The van der Waals surface area contributed by atoms with Gasteiger partial charge in [-0.25, -0.2) is 4.79 Å². The normalized spacial score (nSPS) is 13.4. The number of Topliss-reactive ketones (excluding diaryl/α,β-unsaturated/α-hetero) is 1. The Balaban J connectivity index is 2.01. The molecule has 0 saturated carbocycles. The number of ether oxygens (including phenoxy) is 1. The van der Waals surface area contributed by atoms with Crippen LogP contribution in [-0.4, -0.2) is 22.9 Å². The van der Waals surface area contributed by atoms with Crippen molar-refractivity contribution in [3.63, 3.8) is 0 Å². The van der Waals surface area contributed by atoms with Crippen molar-refractivity contribution in [1.82, 2.24) is 9.97 Å². The third-order valence-electron chi connectivity index (χ3n) is 5.57. The van der Waals surface area contributed by atoms with Gasteiger partial charge in [0.25, 0.3) is 5.56 Å². The van der Waals surface area contributed by atoms with Crippen molar-refractivity contribution < 1.29 is 9.53 Å². The van der Waals surface area contributed by atoms with Gasteiger partial charge in [0.15, 0.2) is 5.78 Å². The third kappa shape index (κ3) is 3.38. The SMILES string of the molecule is COc1c(-c2ccc3c(c2)CCC3=O)cc(-c2c[nH]c(=O)[nH]c2=O)cc1C(C)(C)C. The third-order valence-corrected chi connectivity index (χ3v) is 5.57. The van der Waals surface area contributed by atoms with Crippen LogP contribution in [0.4, 0.5) is 0 Å². The Morgan fingerprint density at radius 3 is 2.33 bits per heavy atom. The average molecular weight is 404 g/mol. The van der Waals surface area contributed by atoms with Gasteiger partial charge in [0.2, 0.25) is 0 Å². The summed E-state index contributed by atoms with van der Waals surface area (Å²) >= 11 is 0. The number of hydrogen-bond donors (Lipinski definition) is 2. The number of benzene rings is 2. The summed E-state index contributed by atoms with van der Waals surface area (Å²) < 4.78 is 5.83. The number of carbonyl (C=O) groups is 1. The lowest BCUT2D eigenvalue weighted by Gasteiger charge is -2.25. The molecule has 0 amide bonds. The number of nitrogens with one attached hydrogen (secondary N) is 2. The number of hydrogen-bond acceptors (Lipinski definition) is 4. The molecule has 4 rings (SSSR count). The Morgan fingerprint density at radius 2 is 1.67 bits per heavy atom. The molecule has 0 atom stereocenters. The molecule has 3 aromatic rings. The highest BCUT2D eigenvalue weighted by molar-refractivity contribution is 6.01. The van der Waals surface area contributed by atoms with Crippen LogP contribution in [0.1, 0.15) is 48.7 Å². The van der Waals surface area contributed by atoms with E-state index in [0.717, 1.165) is 40.0 Å². The number of fused-ring (bicyclic) bond motifs is 1. The molecule has 0 radical (unpaired) electrons. The number of ketones is 1. The van der Waals surface area contributed by atoms with Gasteiger partial charge in [0, 0.05) is 29.3 Å². The van der Waals surface area contributed by atoms with Gasteiger partial charge in [-0.15, -0.1) is 0 Å². The number of methoxy groups -OCH3 is 1. The molecule has 0 spiro atoms. The molecule has 30 heavy (non-hydrogen) atoms. The molecular weight excluding hydrogens is 380 g/mol. The van der Waals surface area contributed by atoms with Crippen molar-refractivity contribution in [3.8, 4) is 28.0 Å². The van der Waals surface area contributed by atoms with Crippen LogP contribution in [0, 0.1) is 0 Å². The van der Waals surface area contributed by atoms with Crippen LogP contribution in [0.3, 0.4) is 0 Å². The zero-order valence-electron chi connectivity index (χ0n) is 17.5. The van der Waals surface area contributed by atoms with E-state index >= 15 is 0 Å². The van der Waals surface area contributed by atoms with Crippen molar-refractivity contribution in [2.24, 2.45) is 0 Å². The highest BCUT2D eigenvalue weighted by Gasteiger charge is 2.25. The highest BCUT2D eigenvalue weighted by atomic mass is 16.5. The zero-order valence-corrected chi connectivity index (χ0v) is 17.5. The topological polar surface area (TPSA) is 92.0 Å². The lowest BCUT2D eigenvalue weighted by atomic mass is 9.82. The molecule has 0 fully saturated rings. The smallest absolute Gasteiger partial charge is 0.325 e. The van der Waals surface area contributed by atoms with E-state index in [4.69, 9.17) is 4.74 Å². The quantitative estimate of drug-likeness (QED) is 0.694. The molecule has 2 N–H and O–H groups in total. The van der Waals surface area contributed by atoms with Gasteiger partial charge in [-0.3, -0.25) is 14.6 Å². The standard InChI is InChI=1S/C24H24N2O4/c1-24(2,3)19-11-15(18-12-25-23(29)26-22(18)28)10-17(21(19)30-4)14-5-7-16-13(9-14)6-8-20(16)27/h5,7,9-12H,6,8H2,1-4H3,(H2,25,26,28,29). The summed E-state index contributed by atoms with van der Waals surface area (Å²) in [6, 6.07) is 9.66. The number of rotatable bonds is 3. The van der Waals surface area contributed by atoms with E-state index in [1.165, 1.54) is 6.20 Å². The molecule has 6 nitrogen and oxygen atoms in total. The Labute approximate surface area is 173 Å². The Hall–Kier alpha value is -3.41. The minimum Gasteiger partial charge on any atom is -0.496 e. The maximum Gasteiger partial charge on any atom is 0.325 e. The fraction of sp³-hybridized carbons (Fsp3) is 0.292. The van der Waals surface area contributed by atoms with Crippen LogP contribution < -0.4 is 16.0 Å². The monoisotopic (exact) mass is 404 g/mol. The van der Waals surface area contributed by atoms with Crippen LogP contribution in [0.2, 0.25) is 0 Å². The lowest BCUT2D eigenvalue weighted by Crippen LogP contribution is -2.23. The minimum atomic E-state index is -0.545. The summed E-state index contributed by atoms with van der Waals surface area (Å²) in [5, 5.41) is 0. The molecule has 1 aromatic heterocycles. The Morgan fingerprint density at radius 1 is 0.900 bits per heavy atom. The first-order valence-corrected chi connectivity index (χ1v) is 9.90. The van der Waals surface area contributed by atoms with Crippen LogP contribution in [0.5, 0.6) is 5.75 Å². The largest absolute Gasteiger partial charge is 0.496 e. The summed E-state index contributed by atoms with van der Waals surface area (Å²) in [5.74, 6) is 0.906. The van der Waals surface area contributed by atoms with Crippen molar-refractivity contribution in [2.45, 2.75) is 39.0 Å². The predicted octanol–water partition coefficient (Wildman–Crippen LogP) is 3.83. The fourth-order valence-electron chi connectivity index (χ4n) is 4.02. The molecule has 154 valence electrons. The van der Waals surface area contributed by atoms with E-state index in [1.807, 2.05) is 30.3 Å². The second-order valence-electron chi connectivity index (χ2n) is 8.64. The number of H-pyrrole nitrogens is 2. The second kappa shape index (κ2) is 7.13. The van der Waals surface area contributed by atoms with E-state index < -0.39 is 11.2 Å². The van der Waals surface area contributed by atoms with Crippen LogP contribution >= 0.6 is 0 Å². The summed E-state index contributed by atoms with van der Waals surface area (Å²) in [6.07, 6.45) is 2.70. The molecule has 0 unspecified atom stereocenters. The number of carbonyl (C=O) groups excluding carboxylic acids is 1. The molecular formula is C24H24N2O4. The van der Waals surface area contributed by atoms with Crippen LogP contribution in [-0.2, 0) is 11.8 Å². The van der Waals surface area contributed by atoms with Gasteiger partial charge in [-0.2, -0.15) is 0 Å². The number of aromatic nitrogens is 2. The molecule has 6 heteroatoms. The molecule has 2 aromatic carbocycles. The first kappa shape index (κ1) is 19.9. The summed E-state index contributed by atoms with van der Waals surface area (Å²) in [5.41, 5.74) is 4.33. The van der Waals surface area contributed by atoms with Gasteiger partial charge in [0.05, 0.1) is 12.7 Å². The number of aromatic amines is 2. The van der Waals surface area contributed by atoms with Crippen molar-refractivity contribution in [1.29, 1.82) is 0 Å². The average Bonchev–Trinajstić information content (AvgIpc) is 3.06. The van der Waals surface area contributed by atoms with Crippen LogP contribution in [0.15, 0.2) is 46.1 Å². The summed E-state index contributed by atoms with van der Waals surface area (Å²) in [7, 11) is 1.64. The number of aryl methyl sites for hydroxylation is 1. The van der Waals surface area contributed by atoms with Crippen molar-refractivity contribution >= 4 is 5.78 Å². The van der Waals surface area contributed by atoms with E-state index in [0.29, 0.717) is 17.5 Å². The van der Waals surface area contributed by atoms with Gasteiger partial charge in [-0.1, -0.05) is 39.0 Å². The van der Waals surface area contributed by atoms with E-state index in [1.54, 1.807) is 7.11 Å². The predicted molar refractivity (Wildman–Crippen MR) is 116 cm³/mol. The van der Waals surface area contributed by atoms with E-state index in [-0.39, 0.29) is 11.2 Å².